The van der Waals surface area contributed by atoms with Crippen molar-refractivity contribution in [3.05, 3.63) is 17.5 Å². The molecule has 1 heterocycles. The number of likely N-dealkylation sites (N-methyl/N-ethyl adjacent to an activating group) is 1. The van der Waals surface area contributed by atoms with Crippen molar-refractivity contribution in [3.63, 3.8) is 0 Å². The van der Waals surface area contributed by atoms with Gasteiger partial charge in [0.1, 0.15) is 0 Å². The maximum Gasteiger partial charge on any atom is 0.0624 e. The van der Waals surface area contributed by atoms with Crippen molar-refractivity contribution >= 4 is 0 Å². The Labute approximate surface area is 124 Å². The standard InChI is InChI=1S/C16H32N4/c1-7-13-11-14(19(6)18-13)12-15(17)16(5,8-2)20(9-3)10-4/h11,15H,7-10,12,17H2,1-6H3. The highest BCUT2D eigenvalue weighted by Crippen LogP contribution is 2.24. The molecule has 0 radical (unpaired) electrons. The first-order chi connectivity index (χ1) is 9.42. The predicted octanol–water partition coefficient (Wildman–Crippen LogP) is 2.36. The maximum absolute atomic E-state index is 6.58. The molecule has 2 N–H and O–H groups in total. The van der Waals surface area contributed by atoms with Gasteiger partial charge < -0.3 is 5.73 Å². The third-order valence-electron chi connectivity index (χ3n) is 4.82. The van der Waals surface area contributed by atoms with Crippen LogP contribution in [0.1, 0.15) is 52.4 Å². The first-order valence-electron chi connectivity index (χ1n) is 7.95. The Balaban J connectivity index is 2.91. The normalized spacial score (nSPS) is 16.4. The first-order valence-corrected chi connectivity index (χ1v) is 7.95. The highest BCUT2D eigenvalue weighted by molar-refractivity contribution is 5.13. The average Bonchev–Trinajstić information content (AvgIpc) is 2.80. The monoisotopic (exact) mass is 280 g/mol. The number of aromatic nitrogens is 2. The molecule has 0 saturated carbocycles. The van der Waals surface area contributed by atoms with Crippen LogP contribution in [-0.2, 0) is 19.9 Å². The lowest BCUT2D eigenvalue weighted by Crippen LogP contribution is -2.58. The molecule has 4 heteroatoms. The van der Waals surface area contributed by atoms with Gasteiger partial charge in [-0.15, -0.1) is 0 Å². The molecule has 0 spiro atoms. The van der Waals surface area contributed by atoms with Gasteiger partial charge in [-0.3, -0.25) is 9.58 Å². The Morgan fingerprint density at radius 1 is 1.30 bits per heavy atom. The van der Waals surface area contributed by atoms with Crippen molar-refractivity contribution in [2.75, 3.05) is 13.1 Å². The van der Waals surface area contributed by atoms with Crippen LogP contribution in [-0.4, -0.2) is 39.4 Å². The molecule has 1 aromatic rings. The van der Waals surface area contributed by atoms with Crippen LogP contribution in [0.3, 0.4) is 0 Å². The number of hydrogen-bond donors (Lipinski definition) is 1. The molecule has 0 aliphatic carbocycles. The second kappa shape index (κ2) is 7.23. The van der Waals surface area contributed by atoms with Crippen LogP contribution in [0.15, 0.2) is 6.07 Å². The molecular formula is C16H32N4. The summed E-state index contributed by atoms with van der Waals surface area (Å²) >= 11 is 0. The summed E-state index contributed by atoms with van der Waals surface area (Å²) < 4.78 is 1.98. The van der Waals surface area contributed by atoms with Crippen LogP contribution in [0.2, 0.25) is 0 Å². The fourth-order valence-corrected chi connectivity index (χ4v) is 3.05. The molecule has 0 aromatic carbocycles. The SMILES string of the molecule is CCc1cc(CC(N)C(C)(CC)N(CC)CC)n(C)n1. The summed E-state index contributed by atoms with van der Waals surface area (Å²) in [4.78, 5) is 2.48. The van der Waals surface area contributed by atoms with Gasteiger partial charge >= 0.3 is 0 Å². The molecule has 2 atom stereocenters. The fourth-order valence-electron chi connectivity index (χ4n) is 3.05. The molecule has 20 heavy (non-hydrogen) atoms. The van der Waals surface area contributed by atoms with Crippen molar-refractivity contribution in [2.24, 2.45) is 12.8 Å². The van der Waals surface area contributed by atoms with Gasteiger partial charge in [-0.05, 0) is 38.9 Å². The Kier molecular flexibility index (Phi) is 6.21. The largest absolute Gasteiger partial charge is 0.326 e. The van der Waals surface area contributed by atoms with Crippen molar-refractivity contribution in [1.29, 1.82) is 0 Å². The van der Waals surface area contributed by atoms with Gasteiger partial charge in [0.25, 0.3) is 0 Å². The lowest BCUT2D eigenvalue weighted by atomic mass is 9.85. The van der Waals surface area contributed by atoms with Gasteiger partial charge in [0.05, 0.1) is 5.69 Å². The van der Waals surface area contributed by atoms with E-state index < -0.39 is 0 Å². The minimum absolute atomic E-state index is 0.0418. The summed E-state index contributed by atoms with van der Waals surface area (Å²) in [5, 5.41) is 4.52. The summed E-state index contributed by atoms with van der Waals surface area (Å²) in [6, 6.07) is 2.31. The van der Waals surface area contributed by atoms with Crippen LogP contribution >= 0.6 is 0 Å². The van der Waals surface area contributed by atoms with Gasteiger partial charge in [0.15, 0.2) is 0 Å². The molecule has 0 aliphatic heterocycles. The van der Waals surface area contributed by atoms with E-state index in [-0.39, 0.29) is 11.6 Å². The Morgan fingerprint density at radius 3 is 2.30 bits per heavy atom. The Morgan fingerprint density at radius 2 is 1.90 bits per heavy atom. The summed E-state index contributed by atoms with van der Waals surface area (Å²) in [5.41, 5.74) is 9.01. The molecule has 1 rings (SSSR count). The number of aryl methyl sites for hydroxylation is 2. The van der Waals surface area contributed by atoms with Crippen molar-refractivity contribution < 1.29 is 0 Å². The average molecular weight is 280 g/mol. The molecule has 0 saturated heterocycles. The quantitative estimate of drug-likeness (QED) is 0.795. The van der Waals surface area contributed by atoms with Crippen LogP contribution in [0, 0.1) is 0 Å². The van der Waals surface area contributed by atoms with Gasteiger partial charge in [-0.2, -0.15) is 5.10 Å². The lowest BCUT2D eigenvalue weighted by Gasteiger charge is -2.44. The maximum atomic E-state index is 6.58. The summed E-state index contributed by atoms with van der Waals surface area (Å²) in [5.74, 6) is 0. The molecule has 0 aliphatic rings. The zero-order chi connectivity index (χ0) is 15.3. The topological polar surface area (TPSA) is 47.1 Å². The molecule has 0 bridgehead atoms. The van der Waals surface area contributed by atoms with E-state index in [0.717, 1.165) is 38.0 Å². The number of rotatable bonds is 8. The van der Waals surface area contributed by atoms with Gasteiger partial charge in [-0.25, -0.2) is 0 Å². The zero-order valence-corrected chi connectivity index (χ0v) is 14.1. The van der Waals surface area contributed by atoms with Gasteiger partial charge in [0, 0.05) is 30.7 Å². The van der Waals surface area contributed by atoms with Gasteiger partial charge in [0.2, 0.25) is 0 Å². The fraction of sp³-hybridized carbons (Fsp3) is 0.812. The van der Waals surface area contributed by atoms with Crippen molar-refractivity contribution in [2.45, 2.75) is 65.5 Å². The summed E-state index contributed by atoms with van der Waals surface area (Å²) in [7, 11) is 2.02. The minimum atomic E-state index is 0.0418. The van der Waals surface area contributed by atoms with E-state index in [1.807, 2.05) is 11.7 Å². The second-order valence-electron chi connectivity index (χ2n) is 5.80. The molecule has 1 aromatic heterocycles. The zero-order valence-electron chi connectivity index (χ0n) is 14.1. The van der Waals surface area contributed by atoms with E-state index in [9.17, 15) is 0 Å². The highest BCUT2D eigenvalue weighted by Gasteiger charge is 2.35. The van der Waals surface area contributed by atoms with Crippen molar-refractivity contribution in [3.8, 4) is 0 Å². The summed E-state index contributed by atoms with van der Waals surface area (Å²) in [6.45, 7) is 13.2. The van der Waals surface area contributed by atoms with E-state index in [1.54, 1.807) is 0 Å². The number of nitrogens with two attached hydrogens (primary N) is 1. The number of nitrogens with zero attached hydrogens (tertiary/aromatic N) is 3. The van der Waals surface area contributed by atoms with E-state index in [4.69, 9.17) is 5.73 Å². The Bertz CT molecular complexity index is 409. The van der Waals surface area contributed by atoms with E-state index in [0.29, 0.717) is 0 Å². The third kappa shape index (κ3) is 3.41. The second-order valence-corrected chi connectivity index (χ2v) is 5.80. The smallest absolute Gasteiger partial charge is 0.0624 e. The molecule has 4 nitrogen and oxygen atoms in total. The van der Waals surface area contributed by atoms with Crippen LogP contribution < -0.4 is 5.73 Å². The lowest BCUT2D eigenvalue weighted by molar-refractivity contribution is 0.0839. The number of hydrogen-bond acceptors (Lipinski definition) is 3. The molecule has 116 valence electrons. The van der Waals surface area contributed by atoms with E-state index in [2.05, 4.69) is 50.7 Å². The van der Waals surface area contributed by atoms with Crippen LogP contribution in [0.4, 0.5) is 0 Å². The molecular weight excluding hydrogens is 248 g/mol. The molecule has 2 unspecified atom stereocenters. The van der Waals surface area contributed by atoms with Crippen molar-refractivity contribution in [1.82, 2.24) is 14.7 Å². The highest BCUT2D eigenvalue weighted by atomic mass is 15.3. The summed E-state index contributed by atoms with van der Waals surface area (Å²) in [6.07, 6.45) is 2.92. The first kappa shape index (κ1) is 17.2. The molecule has 0 fully saturated rings. The van der Waals surface area contributed by atoms with Crippen LogP contribution in [0.5, 0.6) is 0 Å². The molecule has 0 amide bonds. The van der Waals surface area contributed by atoms with E-state index >= 15 is 0 Å². The predicted molar refractivity (Wildman–Crippen MR) is 85.9 cm³/mol. The van der Waals surface area contributed by atoms with E-state index in [1.165, 1.54) is 5.69 Å². The minimum Gasteiger partial charge on any atom is -0.326 e. The third-order valence-corrected chi connectivity index (χ3v) is 4.82. The van der Waals surface area contributed by atoms with Gasteiger partial charge in [-0.1, -0.05) is 27.7 Å². The van der Waals surface area contributed by atoms with Crippen LogP contribution in [0.25, 0.3) is 0 Å². The Hall–Kier alpha value is -0.870.